The zero-order valence-corrected chi connectivity index (χ0v) is 9.65. The Balaban J connectivity index is 2.68. The van der Waals surface area contributed by atoms with Crippen LogP contribution >= 0.6 is 11.6 Å². The largest absolute Gasteiger partial charge is 0.381 e. The van der Waals surface area contributed by atoms with Gasteiger partial charge in [-0.1, -0.05) is 29.3 Å². The summed E-state index contributed by atoms with van der Waals surface area (Å²) in [5.74, 6) is 0. The van der Waals surface area contributed by atoms with Gasteiger partial charge in [0, 0.05) is 17.3 Å². The van der Waals surface area contributed by atoms with Gasteiger partial charge in [0.15, 0.2) is 0 Å². The number of allylic oxidation sites excluding steroid dienone is 1. The number of hydrogen-bond acceptors (Lipinski definition) is 1. The Hall–Kier alpha value is -0.950. The molecule has 1 N–H and O–H groups in total. The summed E-state index contributed by atoms with van der Waals surface area (Å²) in [5, 5.41) is 4.14. The molecule has 14 heavy (non-hydrogen) atoms. The Bertz CT molecular complexity index is 338. The zero-order valence-electron chi connectivity index (χ0n) is 8.89. The highest BCUT2D eigenvalue weighted by Gasteiger charge is 1.99. The fraction of sp³-hybridized carbons (Fsp3) is 0.333. The van der Waals surface area contributed by atoms with Crippen LogP contribution in [-0.2, 0) is 0 Å². The van der Waals surface area contributed by atoms with Crippen LogP contribution in [0.3, 0.4) is 0 Å². The van der Waals surface area contributed by atoms with Crippen LogP contribution in [0.25, 0.3) is 0 Å². The van der Waals surface area contributed by atoms with Crippen molar-refractivity contribution in [1.29, 1.82) is 0 Å². The summed E-state index contributed by atoms with van der Waals surface area (Å²) >= 11 is 6.00. The molecule has 0 radical (unpaired) electrons. The molecule has 0 saturated heterocycles. The van der Waals surface area contributed by atoms with Crippen molar-refractivity contribution < 1.29 is 0 Å². The number of hydrogen-bond donors (Lipinski definition) is 1. The molecule has 1 rings (SSSR count). The first-order valence-corrected chi connectivity index (χ1v) is 5.11. The van der Waals surface area contributed by atoms with Crippen molar-refractivity contribution in [3.8, 4) is 0 Å². The first-order chi connectivity index (χ1) is 6.61. The van der Waals surface area contributed by atoms with Gasteiger partial charge in [-0.3, -0.25) is 0 Å². The third-order valence-corrected chi connectivity index (χ3v) is 2.48. The number of anilines is 1. The highest BCUT2D eigenvalue weighted by Crippen LogP contribution is 2.22. The minimum Gasteiger partial charge on any atom is -0.381 e. The minimum atomic E-state index is 0.812. The third-order valence-electron chi connectivity index (χ3n) is 2.07. The molecule has 0 spiro atoms. The van der Waals surface area contributed by atoms with Crippen molar-refractivity contribution in [2.75, 3.05) is 11.9 Å². The average molecular weight is 210 g/mol. The molecular formula is C12H16ClN. The van der Waals surface area contributed by atoms with Gasteiger partial charge in [-0.15, -0.1) is 0 Å². The van der Waals surface area contributed by atoms with Crippen molar-refractivity contribution in [2.24, 2.45) is 0 Å². The summed E-state index contributed by atoms with van der Waals surface area (Å²) < 4.78 is 0. The maximum Gasteiger partial charge on any atom is 0.0455 e. The van der Waals surface area contributed by atoms with E-state index in [1.807, 2.05) is 25.1 Å². The second-order valence-electron chi connectivity index (χ2n) is 3.57. The minimum absolute atomic E-state index is 0.812. The first-order valence-electron chi connectivity index (χ1n) is 4.73. The van der Waals surface area contributed by atoms with Crippen LogP contribution in [0.1, 0.15) is 19.4 Å². The second-order valence-corrected chi connectivity index (χ2v) is 3.98. The summed E-state index contributed by atoms with van der Waals surface area (Å²) in [6.07, 6.45) is 2.15. The Morgan fingerprint density at radius 2 is 2.14 bits per heavy atom. The predicted octanol–water partition coefficient (Wildman–Crippen LogP) is 4.03. The fourth-order valence-corrected chi connectivity index (χ4v) is 1.34. The zero-order chi connectivity index (χ0) is 10.6. The molecule has 1 aromatic rings. The third kappa shape index (κ3) is 3.08. The smallest absolute Gasteiger partial charge is 0.0455 e. The summed E-state index contributed by atoms with van der Waals surface area (Å²) in [5.41, 5.74) is 3.53. The molecule has 0 atom stereocenters. The lowest BCUT2D eigenvalue weighted by Crippen LogP contribution is -2.00. The van der Waals surface area contributed by atoms with Crippen LogP contribution in [0.2, 0.25) is 5.02 Å². The molecule has 0 aliphatic carbocycles. The predicted molar refractivity (Wildman–Crippen MR) is 64.1 cm³/mol. The van der Waals surface area contributed by atoms with E-state index in [1.165, 1.54) is 5.57 Å². The summed E-state index contributed by atoms with van der Waals surface area (Å²) in [7, 11) is 0. The van der Waals surface area contributed by atoms with Gasteiger partial charge < -0.3 is 5.32 Å². The molecule has 0 aliphatic rings. The molecule has 0 amide bonds. The quantitative estimate of drug-likeness (QED) is 0.742. The van der Waals surface area contributed by atoms with Crippen molar-refractivity contribution in [2.45, 2.75) is 20.8 Å². The number of halogens is 1. The van der Waals surface area contributed by atoms with Crippen LogP contribution in [0, 0.1) is 6.92 Å². The van der Waals surface area contributed by atoms with E-state index >= 15 is 0 Å². The van der Waals surface area contributed by atoms with Crippen LogP contribution < -0.4 is 5.32 Å². The van der Waals surface area contributed by atoms with Gasteiger partial charge in [0.25, 0.3) is 0 Å². The molecular weight excluding hydrogens is 194 g/mol. The van der Waals surface area contributed by atoms with Crippen molar-refractivity contribution in [1.82, 2.24) is 0 Å². The molecule has 2 heteroatoms. The van der Waals surface area contributed by atoms with Gasteiger partial charge in [0.1, 0.15) is 0 Å². The standard InChI is InChI=1S/C12H16ClN/c1-9(2)7-8-14-12-6-4-5-11(13)10(12)3/h4-7,14H,8H2,1-3H3. The maximum absolute atomic E-state index is 6.00. The van der Waals surface area contributed by atoms with E-state index in [-0.39, 0.29) is 0 Å². The first kappa shape index (κ1) is 11.1. The van der Waals surface area contributed by atoms with Crippen LogP contribution in [0.4, 0.5) is 5.69 Å². The van der Waals surface area contributed by atoms with Gasteiger partial charge in [-0.05, 0) is 38.5 Å². The van der Waals surface area contributed by atoms with E-state index in [9.17, 15) is 0 Å². The molecule has 0 bridgehead atoms. The van der Waals surface area contributed by atoms with Gasteiger partial charge in [-0.25, -0.2) is 0 Å². The summed E-state index contributed by atoms with van der Waals surface area (Å²) in [6.45, 7) is 7.05. The lowest BCUT2D eigenvalue weighted by molar-refractivity contribution is 1.25. The number of rotatable bonds is 3. The molecule has 0 saturated carbocycles. The molecule has 76 valence electrons. The van der Waals surface area contributed by atoms with E-state index in [1.54, 1.807) is 0 Å². The van der Waals surface area contributed by atoms with Gasteiger partial charge in [0.05, 0.1) is 0 Å². The van der Waals surface area contributed by atoms with E-state index in [4.69, 9.17) is 11.6 Å². The average Bonchev–Trinajstić information content (AvgIpc) is 2.12. The van der Waals surface area contributed by atoms with Crippen molar-refractivity contribution >= 4 is 17.3 Å². The Labute approximate surface area is 90.8 Å². The molecule has 1 aromatic carbocycles. The normalized spacial score (nSPS) is 9.71. The molecule has 0 aliphatic heterocycles. The monoisotopic (exact) mass is 209 g/mol. The highest BCUT2D eigenvalue weighted by molar-refractivity contribution is 6.31. The Kier molecular flexibility index (Phi) is 4.02. The lowest BCUT2D eigenvalue weighted by Gasteiger charge is -2.08. The molecule has 1 nitrogen and oxygen atoms in total. The summed E-state index contributed by atoms with van der Waals surface area (Å²) in [6, 6.07) is 5.91. The summed E-state index contributed by atoms with van der Waals surface area (Å²) in [4.78, 5) is 0. The topological polar surface area (TPSA) is 12.0 Å². The van der Waals surface area contributed by atoms with E-state index in [0.717, 1.165) is 22.8 Å². The molecule has 0 aromatic heterocycles. The van der Waals surface area contributed by atoms with E-state index in [2.05, 4.69) is 25.2 Å². The SMILES string of the molecule is CC(C)=CCNc1cccc(Cl)c1C. The Morgan fingerprint density at radius 3 is 2.79 bits per heavy atom. The van der Waals surface area contributed by atoms with Gasteiger partial charge in [0.2, 0.25) is 0 Å². The molecule has 0 heterocycles. The van der Waals surface area contributed by atoms with Crippen LogP contribution in [0.5, 0.6) is 0 Å². The second kappa shape index (κ2) is 5.06. The van der Waals surface area contributed by atoms with E-state index < -0.39 is 0 Å². The van der Waals surface area contributed by atoms with Crippen molar-refractivity contribution in [3.63, 3.8) is 0 Å². The lowest BCUT2D eigenvalue weighted by atomic mass is 10.2. The van der Waals surface area contributed by atoms with E-state index in [0.29, 0.717) is 0 Å². The molecule has 0 fully saturated rings. The maximum atomic E-state index is 6.00. The Morgan fingerprint density at radius 1 is 1.43 bits per heavy atom. The van der Waals surface area contributed by atoms with Gasteiger partial charge >= 0.3 is 0 Å². The van der Waals surface area contributed by atoms with Gasteiger partial charge in [-0.2, -0.15) is 0 Å². The molecule has 0 unspecified atom stereocenters. The highest BCUT2D eigenvalue weighted by atomic mass is 35.5. The fourth-order valence-electron chi connectivity index (χ4n) is 1.16. The number of nitrogens with one attached hydrogen (secondary N) is 1. The number of benzene rings is 1. The van der Waals surface area contributed by atoms with Crippen LogP contribution in [-0.4, -0.2) is 6.54 Å². The van der Waals surface area contributed by atoms with Crippen LogP contribution in [0.15, 0.2) is 29.8 Å². The van der Waals surface area contributed by atoms with Crippen molar-refractivity contribution in [3.05, 3.63) is 40.4 Å².